The number of nitro groups is 1. The summed E-state index contributed by atoms with van der Waals surface area (Å²) in [7, 11) is 1.35. The van der Waals surface area contributed by atoms with Gasteiger partial charge in [0.25, 0.3) is 5.69 Å². The molecule has 2 rings (SSSR count). The van der Waals surface area contributed by atoms with E-state index in [2.05, 4.69) is 4.99 Å². The van der Waals surface area contributed by atoms with Gasteiger partial charge in [-0.3, -0.25) is 10.1 Å². The van der Waals surface area contributed by atoms with Crippen molar-refractivity contribution in [2.24, 2.45) is 4.99 Å². The Kier molecular flexibility index (Phi) is 4.85. The normalized spacial score (nSPS) is 11.3. The molecule has 0 bridgehead atoms. The van der Waals surface area contributed by atoms with Gasteiger partial charge in [-0.15, -0.1) is 0 Å². The van der Waals surface area contributed by atoms with Crippen LogP contribution in [0, 0.1) is 10.1 Å². The molecule has 0 unspecified atom stereocenters. The molecule has 0 atom stereocenters. The average Bonchev–Trinajstić information content (AvgIpc) is 2.49. The second kappa shape index (κ2) is 6.64. The molecular formula is C14H10Cl2N2O4. The molecule has 0 fully saturated rings. The van der Waals surface area contributed by atoms with Crippen LogP contribution < -0.4 is 0 Å². The summed E-state index contributed by atoms with van der Waals surface area (Å²) in [5.41, 5.74) is 0.235. The van der Waals surface area contributed by atoms with Crippen LogP contribution >= 0.6 is 23.2 Å². The number of non-ortho nitro benzene ring substituents is 1. The first-order chi connectivity index (χ1) is 10.4. The van der Waals surface area contributed by atoms with Gasteiger partial charge in [-0.1, -0.05) is 23.2 Å². The van der Waals surface area contributed by atoms with Crippen molar-refractivity contribution in [2.75, 3.05) is 7.11 Å². The number of phenolic OH excluding ortho intramolecular Hbond substituents is 1. The highest BCUT2D eigenvalue weighted by molar-refractivity contribution is 6.33. The van der Waals surface area contributed by atoms with Crippen LogP contribution in [0.5, 0.6) is 5.75 Å². The standard InChI is InChI=1S/C14H10Cl2N2O4/c1-22-14(10-6-8(15)2-5-13(10)19)17-12-7-9(18(20)21)3-4-11(12)16/h2-7,19H,1H3/b17-14-. The maximum atomic E-state index is 10.8. The summed E-state index contributed by atoms with van der Waals surface area (Å²) in [5.74, 6) is -0.0612. The van der Waals surface area contributed by atoms with Gasteiger partial charge in [-0.2, -0.15) is 0 Å². The number of phenols is 1. The fourth-order valence-corrected chi connectivity index (χ4v) is 2.04. The highest BCUT2D eigenvalue weighted by Crippen LogP contribution is 2.31. The minimum Gasteiger partial charge on any atom is -0.507 e. The van der Waals surface area contributed by atoms with E-state index in [1.54, 1.807) is 0 Å². The fourth-order valence-electron chi connectivity index (χ4n) is 1.71. The lowest BCUT2D eigenvalue weighted by Gasteiger charge is -2.08. The lowest BCUT2D eigenvalue weighted by molar-refractivity contribution is -0.384. The number of ether oxygens (including phenoxy) is 1. The van der Waals surface area contributed by atoms with Crippen LogP contribution in [-0.4, -0.2) is 23.0 Å². The molecule has 2 aromatic rings. The molecule has 0 saturated heterocycles. The predicted molar refractivity (Wildman–Crippen MR) is 84.4 cm³/mol. The summed E-state index contributed by atoms with van der Waals surface area (Å²) in [6.45, 7) is 0. The molecule has 1 N–H and O–H groups in total. The molecule has 0 aromatic heterocycles. The SMILES string of the molecule is CO/C(=N\c1cc([N+](=O)[O-])ccc1Cl)c1cc(Cl)ccc1O. The molecule has 0 radical (unpaired) electrons. The van der Waals surface area contributed by atoms with Crippen LogP contribution in [0.25, 0.3) is 0 Å². The number of methoxy groups -OCH3 is 1. The Morgan fingerprint density at radius 2 is 2.00 bits per heavy atom. The van der Waals surface area contributed by atoms with E-state index in [1.165, 1.54) is 43.5 Å². The first-order valence-corrected chi connectivity index (χ1v) is 6.73. The number of hydrogen-bond acceptors (Lipinski definition) is 5. The number of halogens is 2. The molecular weight excluding hydrogens is 331 g/mol. The van der Waals surface area contributed by atoms with Crippen LogP contribution in [0.15, 0.2) is 41.4 Å². The van der Waals surface area contributed by atoms with Gasteiger partial charge in [0.2, 0.25) is 5.90 Å². The van der Waals surface area contributed by atoms with Gasteiger partial charge in [0.05, 0.1) is 28.3 Å². The van der Waals surface area contributed by atoms with Crippen LogP contribution in [0.4, 0.5) is 11.4 Å². The Morgan fingerprint density at radius 3 is 2.64 bits per heavy atom. The Labute approximate surface area is 135 Å². The predicted octanol–water partition coefficient (Wildman–Crippen LogP) is 4.33. The third kappa shape index (κ3) is 3.47. The van der Waals surface area contributed by atoms with Crippen LogP contribution in [0.3, 0.4) is 0 Å². The highest BCUT2D eigenvalue weighted by Gasteiger charge is 2.14. The van der Waals surface area contributed by atoms with E-state index in [4.69, 9.17) is 27.9 Å². The van der Waals surface area contributed by atoms with Gasteiger partial charge in [-0.25, -0.2) is 4.99 Å². The largest absolute Gasteiger partial charge is 0.507 e. The maximum Gasteiger partial charge on any atom is 0.271 e. The number of aliphatic imine (C=N–C) groups is 1. The molecule has 0 aliphatic rings. The molecule has 0 heterocycles. The van der Waals surface area contributed by atoms with Gasteiger partial charge in [0.1, 0.15) is 5.75 Å². The molecule has 22 heavy (non-hydrogen) atoms. The lowest BCUT2D eigenvalue weighted by atomic mass is 10.2. The minimum atomic E-state index is -0.557. The Bertz CT molecular complexity index is 763. The molecule has 2 aromatic carbocycles. The van der Waals surface area contributed by atoms with Gasteiger partial charge >= 0.3 is 0 Å². The number of hydrogen-bond donors (Lipinski definition) is 1. The molecule has 6 nitrogen and oxygen atoms in total. The highest BCUT2D eigenvalue weighted by atomic mass is 35.5. The second-order valence-corrected chi connectivity index (χ2v) is 5.02. The van der Waals surface area contributed by atoms with E-state index >= 15 is 0 Å². The zero-order valence-electron chi connectivity index (χ0n) is 11.3. The van der Waals surface area contributed by atoms with Crippen molar-refractivity contribution in [3.05, 3.63) is 62.1 Å². The number of nitrogens with zero attached hydrogens (tertiary/aromatic N) is 2. The smallest absolute Gasteiger partial charge is 0.271 e. The third-order valence-electron chi connectivity index (χ3n) is 2.74. The molecule has 0 spiro atoms. The zero-order valence-corrected chi connectivity index (χ0v) is 12.8. The first kappa shape index (κ1) is 16.1. The van der Waals surface area contributed by atoms with Crippen molar-refractivity contribution in [1.82, 2.24) is 0 Å². The Balaban J connectivity index is 2.56. The summed E-state index contributed by atoms with van der Waals surface area (Å²) >= 11 is 11.9. The van der Waals surface area contributed by atoms with Crippen LogP contribution in [-0.2, 0) is 4.74 Å². The van der Waals surface area contributed by atoms with Gasteiger partial charge < -0.3 is 9.84 Å². The Hall–Kier alpha value is -2.31. The summed E-state index contributed by atoms with van der Waals surface area (Å²) in [4.78, 5) is 14.4. The molecule has 114 valence electrons. The van der Waals surface area contributed by atoms with Gasteiger partial charge in [-0.05, 0) is 24.3 Å². The number of rotatable bonds is 3. The van der Waals surface area contributed by atoms with Crippen LogP contribution in [0.2, 0.25) is 10.0 Å². The van der Waals surface area contributed by atoms with Crippen molar-refractivity contribution in [2.45, 2.75) is 0 Å². The molecule has 0 saturated carbocycles. The lowest BCUT2D eigenvalue weighted by Crippen LogP contribution is -2.03. The summed E-state index contributed by atoms with van der Waals surface area (Å²) in [5, 5.41) is 21.3. The molecule has 8 heteroatoms. The quantitative estimate of drug-likeness (QED) is 0.390. The summed E-state index contributed by atoms with van der Waals surface area (Å²) in [6, 6.07) is 8.21. The first-order valence-electron chi connectivity index (χ1n) is 5.98. The third-order valence-corrected chi connectivity index (χ3v) is 3.30. The van der Waals surface area contributed by atoms with E-state index in [9.17, 15) is 15.2 Å². The second-order valence-electron chi connectivity index (χ2n) is 4.18. The van der Waals surface area contributed by atoms with Crippen molar-refractivity contribution in [3.8, 4) is 5.75 Å². The number of benzene rings is 2. The number of aromatic hydroxyl groups is 1. The Morgan fingerprint density at radius 1 is 1.27 bits per heavy atom. The fraction of sp³-hybridized carbons (Fsp3) is 0.0714. The zero-order chi connectivity index (χ0) is 16.3. The number of nitro benzene ring substituents is 1. The monoisotopic (exact) mass is 340 g/mol. The average molecular weight is 341 g/mol. The van der Waals surface area contributed by atoms with Crippen molar-refractivity contribution in [1.29, 1.82) is 0 Å². The van der Waals surface area contributed by atoms with E-state index < -0.39 is 4.92 Å². The molecule has 0 amide bonds. The van der Waals surface area contributed by atoms with E-state index in [0.717, 1.165) is 0 Å². The summed E-state index contributed by atoms with van der Waals surface area (Å²) < 4.78 is 5.13. The van der Waals surface area contributed by atoms with E-state index in [-0.39, 0.29) is 33.6 Å². The topological polar surface area (TPSA) is 85.0 Å². The van der Waals surface area contributed by atoms with Crippen molar-refractivity contribution in [3.63, 3.8) is 0 Å². The maximum absolute atomic E-state index is 10.8. The van der Waals surface area contributed by atoms with Gasteiger partial charge in [0, 0.05) is 17.2 Å². The van der Waals surface area contributed by atoms with Crippen LogP contribution in [0.1, 0.15) is 5.56 Å². The van der Waals surface area contributed by atoms with E-state index in [1.807, 2.05) is 0 Å². The molecule has 0 aliphatic heterocycles. The minimum absolute atomic E-state index is 0.0300. The van der Waals surface area contributed by atoms with E-state index in [0.29, 0.717) is 5.02 Å². The summed E-state index contributed by atoms with van der Waals surface area (Å²) in [6.07, 6.45) is 0. The van der Waals surface area contributed by atoms with Crippen molar-refractivity contribution >= 4 is 40.5 Å². The molecule has 0 aliphatic carbocycles. The van der Waals surface area contributed by atoms with Crippen molar-refractivity contribution < 1.29 is 14.8 Å². The van der Waals surface area contributed by atoms with Gasteiger partial charge in [0.15, 0.2) is 0 Å².